The first-order chi connectivity index (χ1) is 14.9. The first-order valence-electron chi connectivity index (χ1n) is 8.91. The van der Waals surface area contributed by atoms with E-state index in [1.807, 2.05) is 24.3 Å². The van der Waals surface area contributed by atoms with Crippen molar-refractivity contribution in [3.63, 3.8) is 0 Å². The second-order valence-electron chi connectivity index (χ2n) is 6.32. The molecule has 4 nitrogen and oxygen atoms in total. The lowest BCUT2D eigenvalue weighted by Crippen LogP contribution is -2.13. The van der Waals surface area contributed by atoms with Crippen molar-refractivity contribution in [3.05, 3.63) is 98.2 Å². The molecule has 0 aliphatic heterocycles. The van der Waals surface area contributed by atoms with E-state index < -0.39 is 11.7 Å². The SMILES string of the molecule is N#C/C(=C\c1cc(Cl)c(OCc2ccccc2Cl)c(Cl)c1)C(=O)Nc1ccc(F)cc1. The van der Waals surface area contributed by atoms with Crippen LogP contribution in [0.2, 0.25) is 15.1 Å². The molecular formula is C23H14Cl3FN2O2. The summed E-state index contributed by atoms with van der Waals surface area (Å²) in [5.74, 6) is -0.828. The normalized spacial score (nSPS) is 11.0. The van der Waals surface area contributed by atoms with Crippen LogP contribution in [-0.4, -0.2) is 5.91 Å². The zero-order chi connectivity index (χ0) is 22.4. The third kappa shape index (κ3) is 5.99. The summed E-state index contributed by atoms with van der Waals surface area (Å²) in [4.78, 5) is 12.4. The van der Waals surface area contributed by atoms with Crippen LogP contribution in [0.5, 0.6) is 5.75 Å². The number of nitriles is 1. The van der Waals surface area contributed by atoms with Crippen molar-refractivity contribution in [1.82, 2.24) is 0 Å². The molecule has 0 saturated carbocycles. The third-order valence-corrected chi connectivity index (χ3v) is 5.06. The number of nitrogens with one attached hydrogen (secondary N) is 1. The molecule has 0 saturated heterocycles. The summed E-state index contributed by atoms with van der Waals surface area (Å²) in [6.45, 7) is 0.165. The highest BCUT2D eigenvalue weighted by atomic mass is 35.5. The van der Waals surface area contributed by atoms with Gasteiger partial charge in [0.1, 0.15) is 24.1 Å². The van der Waals surface area contributed by atoms with Crippen LogP contribution in [0.15, 0.2) is 66.2 Å². The number of halogens is 4. The standard InChI is InChI=1S/C23H14Cl3FN2O2/c24-19-4-2-1-3-15(19)13-31-22-20(25)10-14(11-21(22)26)9-16(12-28)23(30)29-18-7-5-17(27)6-8-18/h1-11H,13H2,(H,29,30)/b16-9+. The number of hydrogen-bond donors (Lipinski definition) is 1. The molecule has 0 bridgehead atoms. The zero-order valence-corrected chi connectivity index (χ0v) is 18.1. The first kappa shape index (κ1) is 22.6. The van der Waals surface area contributed by atoms with Crippen LogP contribution in [0.3, 0.4) is 0 Å². The molecule has 0 fully saturated rings. The van der Waals surface area contributed by atoms with Crippen molar-refractivity contribution in [2.24, 2.45) is 0 Å². The molecule has 1 N–H and O–H groups in total. The van der Waals surface area contributed by atoms with Gasteiger partial charge in [0.05, 0.1) is 10.0 Å². The van der Waals surface area contributed by atoms with E-state index in [9.17, 15) is 14.4 Å². The maximum Gasteiger partial charge on any atom is 0.266 e. The van der Waals surface area contributed by atoms with Crippen LogP contribution in [0.25, 0.3) is 6.08 Å². The summed E-state index contributed by atoms with van der Waals surface area (Å²) in [6.07, 6.45) is 1.34. The van der Waals surface area contributed by atoms with Gasteiger partial charge in [-0.15, -0.1) is 0 Å². The molecule has 8 heteroatoms. The van der Waals surface area contributed by atoms with E-state index in [2.05, 4.69) is 5.32 Å². The Balaban J connectivity index is 1.77. The highest BCUT2D eigenvalue weighted by Gasteiger charge is 2.14. The van der Waals surface area contributed by atoms with E-state index in [1.54, 1.807) is 6.07 Å². The Kier molecular flexibility index (Phi) is 7.54. The van der Waals surface area contributed by atoms with Gasteiger partial charge in [0.15, 0.2) is 5.75 Å². The summed E-state index contributed by atoms with van der Waals surface area (Å²) in [5, 5.41) is 12.9. The lowest BCUT2D eigenvalue weighted by Gasteiger charge is -2.12. The van der Waals surface area contributed by atoms with Gasteiger partial charge in [0.2, 0.25) is 0 Å². The van der Waals surface area contributed by atoms with Gasteiger partial charge in [-0.05, 0) is 54.1 Å². The van der Waals surface area contributed by atoms with Gasteiger partial charge in [0, 0.05) is 16.3 Å². The summed E-state index contributed by atoms with van der Waals surface area (Å²) < 4.78 is 18.7. The Hall–Kier alpha value is -3.04. The van der Waals surface area contributed by atoms with Gasteiger partial charge < -0.3 is 10.1 Å². The Morgan fingerprint density at radius 1 is 1.03 bits per heavy atom. The predicted octanol–water partition coefficient (Wildman–Crippen LogP) is 6.91. The van der Waals surface area contributed by atoms with E-state index in [-0.39, 0.29) is 28.0 Å². The molecule has 0 heterocycles. The molecule has 156 valence electrons. The summed E-state index contributed by atoms with van der Waals surface area (Å²) in [6, 6.07) is 17.3. The van der Waals surface area contributed by atoms with Gasteiger partial charge in [-0.2, -0.15) is 5.26 Å². The highest BCUT2D eigenvalue weighted by molar-refractivity contribution is 6.37. The monoisotopic (exact) mass is 474 g/mol. The number of benzene rings is 3. The smallest absolute Gasteiger partial charge is 0.266 e. The summed E-state index contributed by atoms with van der Waals surface area (Å²) in [7, 11) is 0. The third-order valence-electron chi connectivity index (χ3n) is 4.13. The number of anilines is 1. The summed E-state index contributed by atoms with van der Waals surface area (Å²) in [5.41, 5.74) is 1.38. The Labute approximate surface area is 193 Å². The fourth-order valence-electron chi connectivity index (χ4n) is 2.61. The lowest BCUT2D eigenvalue weighted by atomic mass is 10.1. The van der Waals surface area contributed by atoms with Gasteiger partial charge in [-0.1, -0.05) is 53.0 Å². The highest BCUT2D eigenvalue weighted by Crippen LogP contribution is 2.36. The molecule has 0 atom stereocenters. The molecular weight excluding hydrogens is 462 g/mol. The largest absolute Gasteiger partial charge is 0.486 e. The Morgan fingerprint density at radius 2 is 1.68 bits per heavy atom. The number of carbonyl (C=O) groups is 1. The maximum atomic E-state index is 13.0. The molecule has 0 unspecified atom stereocenters. The number of hydrogen-bond acceptors (Lipinski definition) is 3. The van der Waals surface area contributed by atoms with E-state index in [4.69, 9.17) is 39.5 Å². The van der Waals surface area contributed by atoms with Gasteiger partial charge in [-0.25, -0.2) is 4.39 Å². The number of amides is 1. The van der Waals surface area contributed by atoms with Gasteiger partial charge >= 0.3 is 0 Å². The van der Waals surface area contributed by atoms with Crippen LogP contribution in [0.4, 0.5) is 10.1 Å². The second-order valence-corrected chi connectivity index (χ2v) is 7.55. The fourth-order valence-corrected chi connectivity index (χ4v) is 3.42. The molecule has 1 amide bonds. The van der Waals surface area contributed by atoms with Crippen LogP contribution < -0.4 is 10.1 Å². The van der Waals surface area contributed by atoms with Crippen LogP contribution in [0, 0.1) is 17.1 Å². The first-order valence-corrected chi connectivity index (χ1v) is 10.0. The van der Waals surface area contributed by atoms with Gasteiger partial charge in [0.25, 0.3) is 5.91 Å². The molecule has 3 aromatic rings. The minimum Gasteiger partial charge on any atom is -0.486 e. The Morgan fingerprint density at radius 3 is 2.29 bits per heavy atom. The average molecular weight is 476 g/mol. The molecule has 0 aliphatic rings. The van der Waals surface area contributed by atoms with Crippen LogP contribution in [0.1, 0.15) is 11.1 Å². The van der Waals surface area contributed by atoms with Crippen molar-refractivity contribution < 1.29 is 13.9 Å². The molecule has 0 aliphatic carbocycles. The number of ether oxygens (including phenoxy) is 1. The van der Waals surface area contributed by atoms with E-state index in [0.717, 1.165) is 5.56 Å². The van der Waals surface area contributed by atoms with E-state index in [1.165, 1.54) is 42.5 Å². The maximum absolute atomic E-state index is 13.0. The Bertz CT molecular complexity index is 1170. The van der Waals surface area contributed by atoms with Crippen molar-refractivity contribution in [1.29, 1.82) is 5.26 Å². The minimum atomic E-state index is -0.652. The van der Waals surface area contributed by atoms with Crippen molar-refractivity contribution in [3.8, 4) is 11.8 Å². The number of carbonyl (C=O) groups excluding carboxylic acids is 1. The van der Waals surface area contributed by atoms with Crippen molar-refractivity contribution in [2.75, 3.05) is 5.32 Å². The van der Waals surface area contributed by atoms with Crippen molar-refractivity contribution in [2.45, 2.75) is 6.61 Å². The quantitative estimate of drug-likeness (QED) is 0.311. The summed E-state index contributed by atoms with van der Waals surface area (Å²) >= 11 is 18.7. The lowest BCUT2D eigenvalue weighted by molar-refractivity contribution is -0.112. The van der Waals surface area contributed by atoms with E-state index >= 15 is 0 Å². The molecule has 3 aromatic carbocycles. The molecule has 3 rings (SSSR count). The average Bonchev–Trinajstić information content (AvgIpc) is 2.74. The fraction of sp³-hybridized carbons (Fsp3) is 0.0435. The topological polar surface area (TPSA) is 62.1 Å². The zero-order valence-electron chi connectivity index (χ0n) is 15.8. The minimum absolute atomic E-state index is 0.165. The van der Waals surface area contributed by atoms with Gasteiger partial charge in [-0.3, -0.25) is 4.79 Å². The predicted molar refractivity (Wildman–Crippen MR) is 121 cm³/mol. The molecule has 0 radical (unpaired) electrons. The molecule has 31 heavy (non-hydrogen) atoms. The van der Waals surface area contributed by atoms with Crippen LogP contribution in [-0.2, 0) is 11.4 Å². The number of nitrogens with zero attached hydrogens (tertiary/aromatic N) is 1. The second kappa shape index (κ2) is 10.3. The van der Waals surface area contributed by atoms with E-state index in [0.29, 0.717) is 16.3 Å². The van der Waals surface area contributed by atoms with Crippen LogP contribution >= 0.6 is 34.8 Å². The number of rotatable bonds is 6. The van der Waals surface area contributed by atoms with Crippen molar-refractivity contribution >= 4 is 52.5 Å². The molecule has 0 aromatic heterocycles. The molecule has 0 spiro atoms.